The van der Waals surface area contributed by atoms with Gasteiger partial charge in [-0.2, -0.15) is 0 Å². The highest BCUT2D eigenvalue weighted by atomic mass is 32.1. The highest BCUT2D eigenvalue weighted by Crippen LogP contribution is 2.49. The average Bonchev–Trinajstić information content (AvgIpc) is 2.57. The first-order chi connectivity index (χ1) is 12.0. The van der Waals surface area contributed by atoms with Crippen molar-refractivity contribution < 1.29 is 9.47 Å². The molecule has 25 heavy (non-hydrogen) atoms. The molecule has 2 aliphatic rings. The third kappa shape index (κ3) is 2.63. The second-order valence-electron chi connectivity index (χ2n) is 6.76. The van der Waals surface area contributed by atoms with Gasteiger partial charge in [0.05, 0.1) is 12.6 Å². The number of aryl methyl sites for hydroxylation is 1. The molecular formula is C20H22N2O2S. The van der Waals surface area contributed by atoms with Gasteiger partial charge in [-0.1, -0.05) is 29.8 Å². The third-order valence-electron chi connectivity index (χ3n) is 4.86. The van der Waals surface area contributed by atoms with Crippen LogP contribution in [-0.4, -0.2) is 17.4 Å². The first kappa shape index (κ1) is 16.2. The van der Waals surface area contributed by atoms with Gasteiger partial charge < -0.3 is 14.8 Å². The zero-order valence-electron chi connectivity index (χ0n) is 14.7. The fourth-order valence-electron chi connectivity index (χ4n) is 3.71. The summed E-state index contributed by atoms with van der Waals surface area (Å²) in [5.74, 6) is 1.60. The fraction of sp³-hybridized carbons (Fsp3) is 0.350. The minimum absolute atomic E-state index is 0.128. The normalized spacial score (nSPS) is 24.2. The highest BCUT2D eigenvalue weighted by molar-refractivity contribution is 7.80. The van der Waals surface area contributed by atoms with E-state index in [1.807, 2.05) is 19.1 Å². The Morgan fingerprint density at radius 1 is 1.28 bits per heavy atom. The van der Waals surface area contributed by atoms with Gasteiger partial charge in [-0.3, -0.25) is 4.90 Å². The molecule has 2 aliphatic heterocycles. The molecule has 4 rings (SSSR count). The summed E-state index contributed by atoms with van der Waals surface area (Å²) in [4.78, 5) is 2.07. The van der Waals surface area contributed by atoms with Crippen LogP contribution in [0.1, 0.15) is 37.4 Å². The van der Waals surface area contributed by atoms with Crippen LogP contribution in [0.15, 0.2) is 42.5 Å². The molecule has 4 nitrogen and oxygen atoms in total. The Hall–Kier alpha value is -2.27. The van der Waals surface area contributed by atoms with Crippen LogP contribution in [0.3, 0.4) is 0 Å². The molecule has 0 aliphatic carbocycles. The zero-order chi connectivity index (χ0) is 17.6. The molecule has 5 heteroatoms. The van der Waals surface area contributed by atoms with Crippen LogP contribution >= 0.6 is 12.2 Å². The van der Waals surface area contributed by atoms with Crippen LogP contribution in [0.5, 0.6) is 11.5 Å². The molecule has 0 unspecified atom stereocenters. The Bertz CT molecular complexity index is 821. The molecular weight excluding hydrogens is 332 g/mol. The number of hydrogen-bond acceptors (Lipinski definition) is 3. The topological polar surface area (TPSA) is 33.7 Å². The standard InChI is InChI=1S/C20H22N2O2S/c1-4-23-17-7-5-6-15-16-12-20(3,24-18(15)17)22(19(25)21-16)14-10-8-13(2)9-11-14/h5-11,16H,4,12H2,1-3H3,(H,21,25)/t16-,20+/m1/s1. The van der Waals surface area contributed by atoms with E-state index in [4.69, 9.17) is 21.7 Å². The average molecular weight is 354 g/mol. The van der Waals surface area contributed by atoms with E-state index in [-0.39, 0.29) is 6.04 Å². The van der Waals surface area contributed by atoms with Crippen molar-refractivity contribution in [1.29, 1.82) is 0 Å². The SMILES string of the molecule is CCOc1cccc2c1O[C@@]1(C)C[C@H]2NC(=S)N1c1ccc(C)cc1. The number of hydrogen-bond donors (Lipinski definition) is 1. The number of para-hydroxylation sites is 1. The monoisotopic (exact) mass is 354 g/mol. The number of thiocarbonyl (C=S) groups is 1. The van der Waals surface area contributed by atoms with E-state index in [2.05, 4.69) is 54.4 Å². The van der Waals surface area contributed by atoms with Crippen LogP contribution in [0, 0.1) is 6.92 Å². The molecule has 0 saturated carbocycles. The molecule has 130 valence electrons. The second-order valence-corrected chi connectivity index (χ2v) is 7.15. The van der Waals surface area contributed by atoms with Gasteiger partial charge in [0, 0.05) is 17.7 Å². The maximum atomic E-state index is 6.52. The van der Waals surface area contributed by atoms with E-state index in [9.17, 15) is 0 Å². The summed E-state index contributed by atoms with van der Waals surface area (Å²) in [6, 6.07) is 14.5. The van der Waals surface area contributed by atoms with Crippen molar-refractivity contribution in [3.63, 3.8) is 0 Å². The zero-order valence-corrected chi connectivity index (χ0v) is 15.5. The Morgan fingerprint density at radius 3 is 2.76 bits per heavy atom. The number of nitrogens with one attached hydrogen (secondary N) is 1. The summed E-state index contributed by atoms with van der Waals surface area (Å²) < 4.78 is 12.3. The molecule has 0 amide bonds. The van der Waals surface area contributed by atoms with Gasteiger partial charge in [-0.25, -0.2) is 0 Å². The van der Waals surface area contributed by atoms with Crippen LogP contribution in [0.25, 0.3) is 0 Å². The smallest absolute Gasteiger partial charge is 0.188 e. The maximum absolute atomic E-state index is 6.52. The summed E-state index contributed by atoms with van der Waals surface area (Å²) in [7, 11) is 0. The van der Waals surface area contributed by atoms with Gasteiger partial charge in [-0.05, 0) is 51.2 Å². The summed E-state index contributed by atoms with van der Waals surface area (Å²) in [6.07, 6.45) is 0.809. The summed E-state index contributed by atoms with van der Waals surface area (Å²) in [5, 5.41) is 4.17. The Kier molecular flexibility index (Phi) is 3.84. The first-order valence-electron chi connectivity index (χ1n) is 8.64. The molecule has 2 bridgehead atoms. The predicted octanol–water partition coefficient (Wildman–Crippen LogP) is 4.33. The Balaban J connectivity index is 1.79. The molecule has 2 atom stereocenters. The van der Waals surface area contributed by atoms with Crippen molar-refractivity contribution in [2.45, 2.75) is 39.0 Å². The highest BCUT2D eigenvalue weighted by Gasteiger charge is 2.49. The minimum Gasteiger partial charge on any atom is -0.490 e. The lowest BCUT2D eigenvalue weighted by Crippen LogP contribution is -2.65. The maximum Gasteiger partial charge on any atom is 0.188 e. The third-order valence-corrected chi connectivity index (χ3v) is 5.16. The Labute approximate surface area is 153 Å². The number of anilines is 1. The lowest BCUT2D eigenvalue weighted by molar-refractivity contribution is 0.0457. The summed E-state index contributed by atoms with van der Waals surface area (Å²) in [6.45, 7) is 6.76. The van der Waals surface area contributed by atoms with E-state index < -0.39 is 5.72 Å². The summed E-state index contributed by atoms with van der Waals surface area (Å²) in [5.41, 5.74) is 2.80. The van der Waals surface area contributed by atoms with Gasteiger partial charge in [-0.15, -0.1) is 0 Å². The quantitative estimate of drug-likeness (QED) is 0.830. The molecule has 2 heterocycles. The van der Waals surface area contributed by atoms with Crippen LogP contribution in [0.2, 0.25) is 0 Å². The lowest BCUT2D eigenvalue weighted by Gasteiger charge is -2.52. The number of nitrogens with zero attached hydrogens (tertiary/aromatic N) is 1. The molecule has 2 aromatic rings. The van der Waals surface area contributed by atoms with Gasteiger partial charge in [0.15, 0.2) is 22.3 Å². The number of rotatable bonds is 3. The fourth-order valence-corrected chi connectivity index (χ4v) is 4.15. The van der Waals surface area contributed by atoms with Crippen molar-refractivity contribution in [3.05, 3.63) is 53.6 Å². The lowest BCUT2D eigenvalue weighted by atomic mass is 9.90. The van der Waals surface area contributed by atoms with E-state index in [0.29, 0.717) is 11.7 Å². The molecule has 2 aromatic carbocycles. The van der Waals surface area contributed by atoms with E-state index in [1.165, 1.54) is 5.56 Å². The van der Waals surface area contributed by atoms with Gasteiger partial charge in [0.2, 0.25) is 0 Å². The molecule has 0 spiro atoms. The number of ether oxygens (including phenoxy) is 2. The van der Waals surface area contributed by atoms with E-state index in [1.54, 1.807) is 0 Å². The van der Waals surface area contributed by atoms with Crippen LogP contribution < -0.4 is 19.7 Å². The summed E-state index contributed by atoms with van der Waals surface area (Å²) >= 11 is 5.68. The van der Waals surface area contributed by atoms with Gasteiger partial charge in [0.1, 0.15) is 0 Å². The molecule has 0 radical (unpaired) electrons. The van der Waals surface area contributed by atoms with Crippen molar-refractivity contribution in [1.82, 2.24) is 5.32 Å². The second kappa shape index (κ2) is 5.92. The van der Waals surface area contributed by atoms with Crippen molar-refractivity contribution >= 4 is 23.0 Å². The van der Waals surface area contributed by atoms with Crippen molar-refractivity contribution in [2.75, 3.05) is 11.5 Å². The number of fused-ring (bicyclic) bond motifs is 4. The first-order valence-corrected chi connectivity index (χ1v) is 9.05. The molecule has 1 fully saturated rings. The molecule has 1 N–H and O–H groups in total. The Morgan fingerprint density at radius 2 is 2.04 bits per heavy atom. The number of benzene rings is 2. The predicted molar refractivity (Wildman–Crippen MR) is 103 cm³/mol. The van der Waals surface area contributed by atoms with Crippen molar-refractivity contribution in [2.24, 2.45) is 0 Å². The van der Waals surface area contributed by atoms with Crippen molar-refractivity contribution in [3.8, 4) is 11.5 Å². The van der Waals surface area contributed by atoms with Gasteiger partial charge >= 0.3 is 0 Å². The van der Waals surface area contributed by atoms with E-state index in [0.717, 1.165) is 29.2 Å². The van der Waals surface area contributed by atoms with Crippen LogP contribution in [-0.2, 0) is 0 Å². The molecule has 0 aromatic heterocycles. The van der Waals surface area contributed by atoms with Gasteiger partial charge in [0.25, 0.3) is 0 Å². The minimum atomic E-state index is -0.553. The molecule has 1 saturated heterocycles. The van der Waals surface area contributed by atoms with E-state index >= 15 is 0 Å². The van der Waals surface area contributed by atoms with Crippen LogP contribution in [0.4, 0.5) is 5.69 Å². The largest absolute Gasteiger partial charge is 0.490 e.